The molecule has 2 aromatic rings. The first-order valence-corrected chi connectivity index (χ1v) is 9.94. The average Bonchev–Trinajstić information content (AvgIpc) is 3.07. The van der Waals surface area contributed by atoms with Crippen LogP contribution in [-0.4, -0.2) is 51.7 Å². The van der Waals surface area contributed by atoms with E-state index in [0.29, 0.717) is 24.1 Å². The molecule has 0 aromatic heterocycles. The molecule has 4 rings (SSSR count). The molecule has 128 valence electrons. The number of hydrogen-bond acceptors (Lipinski definition) is 4. The lowest BCUT2D eigenvalue weighted by Crippen LogP contribution is -2.50. The van der Waals surface area contributed by atoms with Crippen LogP contribution in [0.15, 0.2) is 47.4 Å². The minimum absolute atomic E-state index is 0.0745. The van der Waals surface area contributed by atoms with Gasteiger partial charge in [0.1, 0.15) is 0 Å². The van der Waals surface area contributed by atoms with Crippen molar-refractivity contribution in [3.05, 3.63) is 42.5 Å². The van der Waals surface area contributed by atoms with Crippen LogP contribution >= 0.6 is 0 Å². The molecule has 0 aliphatic carbocycles. The SMILES string of the molecule is O=S(=O)(NC[C@H]1CN2CCC[C@H]2CO1)c1ccc2ccccc2c1. The van der Waals surface area contributed by atoms with Gasteiger partial charge in [0.05, 0.1) is 17.6 Å². The van der Waals surface area contributed by atoms with E-state index >= 15 is 0 Å². The van der Waals surface area contributed by atoms with E-state index in [-0.39, 0.29) is 6.10 Å². The number of fused-ring (bicyclic) bond motifs is 2. The van der Waals surface area contributed by atoms with E-state index in [9.17, 15) is 8.42 Å². The van der Waals surface area contributed by atoms with Crippen LogP contribution in [0.5, 0.6) is 0 Å². The topological polar surface area (TPSA) is 58.6 Å². The van der Waals surface area contributed by atoms with Gasteiger partial charge >= 0.3 is 0 Å². The number of nitrogens with one attached hydrogen (secondary N) is 1. The zero-order valence-corrected chi connectivity index (χ0v) is 14.3. The lowest BCUT2D eigenvalue weighted by Gasteiger charge is -2.35. The predicted molar refractivity (Wildman–Crippen MR) is 93.5 cm³/mol. The summed E-state index contributed by atoms with van der Waals surface area (Å²) in [6, 6.07) is 13.5. The van der Waals surface area contributed by atoms with E-state index in [1.54, 1.807) is 12.1 Å². The van der Waals surface area contributed by atoms with Gasteiger partial charge in [-0.25, -0.2) is 13.1 Å². The largest absolute Gasteiger partial charge is 0.374 e. The smallest absolute Gasteiger partial charge is 0.240 e. The fourth-order valence-corrected chi connectivity index (χ4v) is 4.73. The highest BCUT2D eigenvalue weighted by Gasteiger charge is 2.32. The van der Waals surface area contributed by atoms with Gasteiger partial charge in [-0.05, 0) is 42.3 Å². The summed E-state index contributed by atoms with van der Waals surface area (Å²) < 4.78 is 33.7. The Hall–Kier alpha value is -1.47. The highest BCUT2D eigenvalue weighted by atomic mass is 32.2. The van der Waals surface area contributed by atoms with Crippen molar-refractivity contribution in [2.24, 2.45) is 0 Å². The van der Waals surface area contributed by atoms with E-state index in [4.69, 9.17) is 4.74 Å². The molecule has 2 aromatic carbocycles. The number of rotatable bonds is 4. The number of hydrogen-bond donors (Lipinski definition) is 1. The summed E-state index contributed by atoms with van der Waals surface area (Å²) >= 11 is 0. The Bertz CT molecular complexity index is 837. The van der Waals surface area contributed by atoms with Gasteiger partial charge in [-0.3, -0.25) is 4.90 Å². The molecule has 1 N–H and O–H groups in total. The number of morpholine rings is 1. The third kappa shape index (κ3) is 3.19. The van der Waals surface area contributed by atoms with E-state index in [2.05, 4.69) is 9.62 Å². The predicted octanol–water partition coefficient (Wildman–Crippen LogP) is 1.98. The molecule has 2 atom stereocenters. The summed E-state index contributed by atoms with van der Waals surface area (Å²) in [4.78, 5) is 2.72. The maximum absolute atomic E-state index is 12.6. The molecule has 6 heteroatoms. The van der Waals surface area contributed by atoms with Crippen LogP contribution in [0.2, 0.25) is 0 Å². The number of sulfonamides is 1. The molecular weight excluding hydrogens is 324 g/mol. The van der Waals surface area contributed by atoms with Crippen LogP contribution in [0.1, 0.15) is 12.8 Å². The summed E-state index contributed by atoms with van der Waals surface area (Å²) in [6.45, 7) is 2.94. The van der Waals surface area contributed by atoms with Gasteiger partial charge < -0.3 is 4.74 Å². The first kappa shape index (κ1) is 16.0. The van der Waals surface area contributed by atoms with E-state index in [1.807, 2.05) is 30.3 Å². The van der Waals surface area contributed by atoms with Crippen molar-refractivity contribution in [3.63, 3.8) is 0 Å². The summed E-state index contributed by atoms with van der Waals surface area (Å²) in [5, 5.41) is 1.96. The maximum Gasteiger partial charge on any atom is 0.240 e. The lowest BCUT2D eigenvalue weighted by atomic mass is 10.1. The van der Waals surface area contributed by atoms with Crippen LogP contribution in [0.4, 0.5) is 0 Å². The quantitative estimate of drug-likeness (QED) is 0.920. The van der Waals surface area contributed by atoms with Crippen molar-refractivity contribution in [1.29, 1.82) is 0 Å². The summed E-state index contributed by atoms with van der Waals surface area (Å²) in [6.07, 6.45) is 2.33. The van der Waals surface area contributed by atoms with Gasteiger partial charge in [-0.2, -0.15) is 0 Å². The van der Waals surface area contributed by atoms with Crippen LogP contribution in [0.3, 0.4) is 0 Å². The first-order valence-electron chi connectivity index (χ1n) is 8.46. The van der Waals surface area contributed by atoms with Gasteiger partial charge in [-0.15, -0.1) is 0 Å². The number of ether oxygens (including phenoxy) is 1. The summed E-state index contributed by atoms with van der Waals surface area (Å²) in [7, 11) is -3.52. The van der Waals surface area contributed by atoms with Crippen molar-refractivity contribution in [3.8, 4) is 0 Å². The Kier molecular flexibility index (Phi) is 4.30. The van der Waals surface area contributed by atoms with Crippen LogP contribution in [0, 0.1) is 0 Å². The van der Waals surface area contributed by atoms with E-state index in [0.717, 1.165) is 23.9 Å². The number of nitrogens with zero attached hydrogens (tertiary/aromatic N) is 1. The molecule has 0 saturated carbocycles. The van der Waals surface area contributed by atoms with Gasteiger partial charge in [0.25, 0.3) is 0 Å². The van der Waals surface area contributed by atoms with Gasteiger partial charge in [-0.1, -0.05) is 30.3 Å². The fourth-order valence-electron chi connectivity index (χ4n) is 3.63. The molecule has 0 radical (unpaired) electrons. The first-order chi connectivity index (χ1) is 11.6. The second-order valence-corrected chi connectivity index (χ2v) is 8.37. The molecular formula is C18H22N2O3S. The highest BCUT2D eigenvalue weighted by molar-refractivity contribution is 7.89. The zero-order chi connectivity index (χ0) is 16.6. The Morgan fingerprint density at radius 3 is 2.88 bits per heavy atom. The number of benzene rings is 2. The molecule has 2 aliphatic rings. The minimum atomic E-state index is -3.52. The Morgan fingerprint density at radius 1 is 1.17 bits per heavy atom. The van der Waals surface area contributed by atoms with Gasteiger partial charge in [0, 0.05) is 19.1 Å². The fraction of sp³-hybridized carbons (Fsp3) is 0.444. The second-order valence-electron chi connectivity index (χ2n) is 6.61. The molecule has 2 aliphatic heterocycles. The maximum atomic E-state index is 12.6. The molecule has 2 heterocycles. The average molecular weight is 346 g/mol. The molecule has 24 heavy (non-hydrogen) atoms. The molecule has 2 saturated heterocycles. The summed E-state index contributed by atoms with van der Waals surface area (Å²) in [5.41, 5.74) is 0. The van der Waals surface area contributed by atoms with Gasteiger partial charge in [0.2, 0.25) is 10.0 Å². The Balaban J connectivity index is 1.44. The molecule has 0 amide bonds. The molecule has 2 fully saturated rings. The van der Waals surface area contributed by atoms with Crippen LogP contribution < -0.4 is 4.72 Å². The normalized spacial score (nSPS) is 25.0. The molecule has 5 nitrogen and oxygen atoms in total. The van der Waals surface area contributed by atoms with Crippen molar-refractivity contribution >= 4 is 20.8 Å². The van der Waals surface area contributed by atoms with E-state index in [1.165, 1.54) is 12.8 Å². The Morgan fingerprint density at radius 2 is 2.00 bits per heavy atom. The third-order valence-electron chi connectivity index (χ3n) is 4.99. The molecule has 0 unspecified atom stereocenters. The molecule has 0 bridgehead atoms. The van der Waals surface area contributed by atoms with Crippen molar-refractivity contribution in [2.45, 2.75) is 29.9 Å². The van der Waals surface area contributed by atoms with Gasteiger partial charge in [0.15, 0.2) is 0 Å². The van der Waals surface area contributed by atoms with Crippen molar-refractivity contribution in [1.82, 2.24) is 9.62 Å². The van der Waals surface area contributed by atoms with Crippen molar-refractivity contribution < 1.29 is 13.2 Å². The Labute approximate surface area is 142 Å². The van der Waals surface area contributed by atoms with Crippen LogP contribution in [-0.2, 0) is 14.8 Å². The summed E-state index contributed by atoms with van der Waals surface area (Å²) in [5.74, 6) is 0. The lowest BCUT2D eigenvalue weighted by molar-refractivity contribution is -0.0449. The monoisotopic (exact) mass is 346 g/mol. The second kappa shape index (κ2) is 6.44. The third-order valence-corrected chi connectivity index (χ3v) is 6.42. The standard InChI is InChI=1S/C18H22N2O3S/c21-24(22,18-8-7-14-4-1-2-5-15(14)10-18)19-11-17-12-20-9-3-6-16(20)13-23-17/h1-2,4-5,7-8,10,16-17,19H,3,6,9,11-13H2/t16-,17-/m0/s1. The van der Waals surface area contributed by atoms with Crippen molar-refractivity contribution in [2.75, 3.05) is 26.2 Å². The van der Waals surface area contributed by atoms with E-state index < -0.39 is 10.0 Å². The minimum Gasteiger partial charge on any atom is -0.374 e. The molecule has 0 spiro atoms. The highest BCUT2D eigenvalue weighted by Crippen LogP contribution is 2.23. The van der Waals surface area contributed by atoms with Crippen LogP contribution in [0.25, 0.3) is 10.8 Å². The zero-order valence-electron chi connectivity index (χ0n) is 13.5.